The summed E-state index contributed by atoms with van der Waals surface area (Å²) in [7, 11) is 1.84. The van der Waals surface area contributed by atoms with Crippen LogP contribution in [-0.4, -0.2) is 29.7 Å². The number of aliphatic hydroxyl groups excluding tert-OH is 1. The summed E-state index contributed by atoms with van der Waals surface area (Å²) >= 11 is 1.29. The fourth-order valence-electron chi connectivity index (χ4n) is 0.999. The highest BCUT2D eigenvalue weighted by Crippen LogP contribution is 2.26. The second kappa shape index (κ2) is 4.21. The molecule has 1 rings (SSSR count). The van der Waals surface area contributed by atoms with Crippen molar-refractivity contribution < 1.29 is 5.11 Å². The molecule has 0 aliphatic heterocycles. The van der Waals surface area contributed by atoms with Crippen molar-refractivity contribution in [2.75, 3.05) is 25.1 Å². The number of anilines is 1. The van der Waals surface area contributed by atoms with Crippen LogP contribution >= 0.6 is 11.5 Å². The van der Waals surface area contributed by atoms with E-state index in [1.54, 1.807) is 0 Å². The van der Waals surface area contributed by atoms with Crippen LogP contribution < -0.4 is 4.90 Å². The molecule has 0 bridgehead atoms. The van der Waals surface area contributed by atoms with E-state index in [-0.39, 0.29) is 6.61 Å². The molecule has 0 amide bonds. The number of hydrogen-bond acceptors (Lipinski definition) is 5. The predicted octanol–water partition coefficient (Wildman–Crippen LogP) is 0.752. The fourth-order valence-corrected chi connectivity index (χ4v) is 1.83. The van der Waals surface area contributed by atoms with Crippen molar-refractivity contribution in [1.29, 1.82) is 5.26 Å². The zero-order chi connectivity index (χ0) is 9.84. The first kappa shape index (κ1) is 9.96. The molecule has 13 heavy (non-hydrogen) atoms. The van der Waals surface area contributed by atoms with E-state index in [1.807, 2.05) is 18.9 Å². The Morgan fingerprint density at radius 3 is 2.92 bits per heavy atom. The largest absolute Gasteiger partial charge is 0.395 e. The van der Waals surface area contributed by atoms with Crippen LogP contribution in [0.1, 0.15) is 11.3 Å². The normalized spacial score (nSPS) is 9.69. The van der Waals surface area contributed by atoms with Gasteiger partial charge in [-0.25, -0.2) is 0 Å². The summed E-state index contributed by atoms with van der Waals surface area (Å²) in [5.41, 5.74) is 1.37. The van der Waals surface area contributed by atoms with Crippen LogP contribution in [0.25, 0.3) is 0 Å². The quantitative estimate of drug-likeness (QED) is 0.776. The van der Waals surface area contributed by atoms with Gasteiger partial charge in [-0.2, -0.15) is 9.64 Å². The molecule has 0 spiro atoms. The first-order chi connectivity index (χ1) is 6.20. The van der Waals surface area contributed by atoms with Crippen molar-refractivity contribution in [2.45, 2.75) is 6.92 Å². The molecule has 1 N–H and O–H groups in total. The lowest BCUT2D eigenvalue weighted by atomic mass is 10.3. The number of nitriles is 1. The summed E-state index contributed by atoms with van der Waals surface area (Å²) in [4.78, 5) is 1.84. The van der Waals surface area contributed by atoms with Crippen molar-refractivity contribution in [3.63, 3.8) is 0 Å². The van der Waals surface area contributed by atoms with Gasteiger partial charge in [0, 0.05) is 13.6 Å². The van der Waals surface area contributed by atoms with Crippen LogP contribution in [0.2, 0.25) is 0 Å². The molecule has 0 aliphatic rings. The molecule has 0 fully saturated rings. The lowest BCUT2D eigenvalue weighted by Gasteiger charge is -2.14. The van der Waals surface area contributed by atoms with Crippen LogP contribution in [0.3, 0.4) is 0 Å². The third-order valence-electron chi connectivity index (χ3n) is 1.74. The number of hydrogen-bond donors (Lipinski definition) is 1. The molecule has 1 aromatic rings. The molecule has 0 unspecified atom stereocenters. The van der Waals surface area contributed by atoms with Gasteiger partial charge in [-0.1, -0.05) is 0 Å². The van der Waals surface area contributed by atoms with Gasteiger partial charge in [0.05, 0.1) is 12.3 Å². The summed E-state index contributed by atoms with van der Waals surface area (Å²) in [6.45, 7) is 2.42. The highest BCUT2D eigenvalue weighted by Gasteiger charge is 2.13. The molecule has 70 valence electrons. The highest BCUT2D eigenvalue weighted by atomic mass is 32.1. The molecule has 0 atom stereocenters. The number of nitrogens with zero attached hydrogens (tertiary/aromatic N) is 3. The maximum Gasteiger partial charge on any atom is 0.130 e. The lowest BCUT2D eigenvalue weighted by Crippen LogP contribution is -2.20. The molecule has 5 heteroatoms. The van der Waals surface area contributed by atoms with Crippen LogP contribution in [0, 0.1) is 18.3 Å². The minimum atomic E-state index is 0.0817. The summed E-state index contributed by atoms with van der Waals surface area (Å²) in [5.74, 6) is 0. The third kappa shape index (κ3) is 1.97. The lowest BCUT2D eigenvalue weighted by molar-refractivity contribution is 0.304. The predicted molar refractivity (Wildman–Crippen MR) is 51.9 cm³/mol. The van der Waals surface area contributed by atoms with Crippen molar-refractivity contribution in [2.24, 2.45) is 0 Å². The zero-order valence-electron chi connectivity index (χ0n) is 7.61. The summed E-state index contributed by atoms with van der Waals surface area (Å²) < 4.78 is 4.09. The van der Waals surface area contributed by atoms with Gasteiger partial charge >= 0.3 is 0 Å². The molecule has 0 aromatic carbocycles. The second-order valence-electron chi connectivity index (χ2n) is 2.71. The van der Waals surface area contributed by atoms with Gasteiger partial charge in [0.15, 0.2) is 0 Å². The summed E-state index contributed by atoms with van der Waals surface area (Å²) in [6.07, 6.45) is 0. The average Bonchev–Trinajstić information content (AvgIpc) is 2.47. The zero-order valence-corrected chi connectivity index (χ0v) is 8.43. The first-order valence-corrected chi connectivity index (χ1v) is 4.66. The van der Waals surface area contributed by atoms with E-state index in [1.165, 1.54) is 11.5 Å². The van der Waals surface area contributed by atoms with Gasteiger partial charge in [0.2, 0.25) is 0 Å². The van der Waals surface area contributed by atoms with Crippen molar-refractivity contribution in [1.82, 2.24) is 4.37 Å². The second-order valence-corrected chi connectivity index (χ2v) is 3.46. The van der Waals surface area contributed by atoms with E-state index in [2.05, 4.69) is 10.4 Å². The van der Waals surface area contributed by atoms with Crippen LogP contribution in [0.5, 0.6) is 0 Å². The Morgan fingerprint density at radius 1 is 1.69 bits per heavy atom. The Labute approximate surface area is 81.2 Å². The molecule has 0 saturated carbocycles. The van der Waals surface area contributed by atoms with Crippen LogP contribution in [0.15, 0.2) is 0 Å². The Balaban J connectivity index is 2.95. The minimum absolute atomic E-state index is 0.0817. The molecular weight excluding hydrogens is 186 g/mol. The molecule has 0 radical (unpaired) electrons. The SMILES string of the molecule is Cc1nsc(N(C)CCO)c1C#N. The number of aryl methyl sites for hydroxylation is 1. The molecule has 1 aromatic heterocycles. The van der Waals surface area contributed by atoms with E-state index in [9.17, 15) is 0 Å². The minimum Gasteiger partial charge on any atom is -0.395 e. The van der Waals surface area contributed by atoms with Gasteiger partial charge in [-0.3, -0.25) is 0 Å². The topological polar surface area (TPSA) is 60.1 Å². The Kier molecular flexibility index (Phi) is 3.23. The van der Waals surface area contributed by atoms with Crippen molar-refractivity contribution >= 4 is 16.5 Å². The number of rotatable bonds is 3. The Hall–Kier alpha value is -1.12. The smallest absolute Gasteiger partial charge is 0.130 e. The average molecular weight is 197 g/mol. The monoisotopic (exact) mass is 197 g/mol. The highest BCUT2D eigenvalue weighted by molar-refractivity contribution is 7.10. The van der Waals surface area contributed by atoms with Crippen LogP contribution in [-0.2, 0) is 0 Å². The van der Waals surface area contributed by atoms with E-state index in [4.69, 9.17) is 10.4 Å². The fraction of sp³-hybridized carbons (Fsp3) is 0.500. The molecule has 1 heterocycles. The molecule has 0 saturated heterocycles. The molecule has 0 aliphatic carbocycles. The number of likely N-dealkylation sites (N-methyl/N-ethyl adjacent to an activating group) is 1. The molecule has 4 nitrogen and oxygen atoms in total. The van der Waals surface area contributed by atoms with Crippen molar-refractivity contribution in [3.8, 4) is 6.07 Å². The van der Waals surface area contributed by atoms with Crippen LogP contribution in [0.4, 0.5) is 5.00 Å². The van der Waals surface area contributed by atoms with Gasteiger partial charge in [-0.05, 0) is 18.5 Å². The first-order valence-electron chi connectivity index (χ1n) is 3.89. The van der Waals surface area contributed by atoms with Crippen molar-refractivity contribution in [3.05, 3.63) is 11.3 Å². The van der Waals surface area contributed by atoms with E-state index in [0.717, 1.165) is 10.7 Å². The van der Waals surface area contributed by atoms with Gasteiger partial charge in [0.1, 0.15) is 16.6 Å². The maximum absolute atomic E-state index is 8.83. The van der Waals surface area contributed by atoms with E-state index < -0.39 is 0 Å². The van der Waals surface area contributed by atoms with Gasteiger partial charge in [-0.15, -0.1) is 0 Å². The van der Waals surface area contributed by atoms with E-state index in [0.29, 0.717) is 12.1 Å². The Morgan fingerprint density at radius 2 is 2.38 bits per heavy atom. The maximum atomic E-state index is 8.83. The third-order valence-corrected chi connectivity index (χ3v) is 2.79. The van der Waals surface area contributed by atoms with E-state index >= 15 is 0 Å². The molecular formula is C8H11N3OS. The summed E-state index contributed by atoms with van der Waals surface area (Å²) in [6, 6.07) is 2.11. The number of aliphatic hydroxyl groups is 1. The number of aromatic nitrogens is 1. The standard InChI is InChI=1S/C8H11N3OS/c1-6-7(5-9)8(13-10-6)11(2)3-4-12/h12H,3-4H2,1-2H3. The summed E-state index contributed by atoms with van der Waals surface area (Å²) in [5, 5.41) is 18.4. The van der Waals surface area contributed by atoms with Gasteiger partial charge in [0.25, 0.3) is 0 Å². The Bertz CT molecular complexity index is 329. The van der Waals surface area contributed by atoms with Gasteiger partial charge < -0.3 is 10.0 Å².